The van der Waals surface area contributed by atoms with Crippen LogP contribution < -0.4 is 4.90 Å². The van der Waals surface area contributed by atoms with Crippen LogP contribution in [-0.2, 0) is 7.05 Å². The molecule has 0 saturated carbocycles. The first-order valence-electron chi connectivity index (χ1n) is 6.76. The van der Waals surface area contributed by atoms with E-state index in [9.17, 15) is 0 Å². The van der Waals surface area contributed by atoms with Gasteiger partial charge in [-0.15, -0.1) is 0 Å². The van der Waals surface area contributed by atoms with Crippen molar-refractivity contribution < 1.29 is 0 Å². The van der Waals surface area contributed by atoms with Crippen LogP contribution in [0.3, 0.4) is 0 Å². The first-order valence-corrected chi connectivity index (χ1v) is 7.98. The summed E-state index contributed by atoms with van der Waals surface area (Å²) in [7, 11) is 1.99. The smallest absolute Gasteiger partial charge is 0.163 e. The van der Waals surface area contributed by atoms with E-state index in [0.717, 1.165) is 39.0 Å². The van der Waals surface area contributed by atoms with Crippen molar-refractivity contribution in [3.63, 3.8) is 0 Å². The van der Waals surface area contributed by atoms with Gasteiger partial charge in [-0.25, -0.2) is 9.97 Å². The lowest BCUT2D eigenvalue weighted by molar-refractivity contribution is 0.726. The zero-order valence-corrected chi connectivity index (χ0v) is 13.0. The van der Waals surface area contributed by atoms with Gasteiger partial charge in [-0.05, 0) is 32.0 Å². The van der Waals surface area contributed by atoms with Crippen LogP contribution in [0.1, 0.15) is 31.5 Å². The fraction of sp³-hybridized carbons (Fsp3) is 0.615. The fourth-order valence-corrected chi connectivity index (χ4v) is 3.87. The SMILES string of the molecule is Cc1nc(N2CCCCCC2)c2sc(=S)n(C)c2n1. The molecule has 2 aromatic heterocycles. The highest BCUT2D eigenvalue weighted by molar-refractivity contribution is 7.73. The molecular weight excluding hydrogens is 276 g/mol. The lowest BCUT2D eigenvalue weighted by Crippen LogP contribution is -2.25. The Balaban J connectivity index is 2.16. The van der Waals surface area contributed by atoms with Crippen molar-refractivity contribution >= 4 is 39.7 Å². The van der Waals surface area contributed by atoms with Crippen molar-refractivity contribution in [2.75, 3.05) is 18.0 Å². The van der Waals surface area contributed by atoms with E-state index < -0.39 is 0 Å². The molecule has 0 aromatic carbocycles. The molecule has 19 heavy (non-hydrogen) atoms. The lowest BCUT2D eigenvalue weighted by Gasteiger charge is -2.22. The maximum absolute atomic E-state index is 5.38. The maximum Gasteiger partial charge on any atom is 0.163 e. The minimum Gasteiger partial charge on any atom is -0.355 e. The molecule has 3 heterocycles. The highest BCUT2D eigenvalue weighted by Crippen LogP contribution is 2.30. The second kappa shape index (κ2) is 5.17. The molecule has 6 heteroatoms. The number of nitrogens with zero attached hydrogens (tertiary/aromatic N) is 4. The Kier molecular flexibility index (Phi) is 3.54. The molecule has 0 aliphatic carbocycles. The summed E-state index contributed by atoms with van der Waals surface area (Å²) in [6.07, 6.45) is 5.16. The van der Waals surface area contributed by atoms with Crippen molar-refractivity contribution in [2.24, 2.45) is 7.05 Å². The quantitative estimate of drug-likeness (QED) is 0.754. The Bertz CT molecular complexity index is 650. The molecule has 0 spiro atoms. The van der Waals surface area contributed by atoms with Crippen LogP contribution in [0.15, 0.2) is 0 Å². The summed E-state index contributed by atoms with van der Waals surface area (Å²) in [5.41, 5.74) is 0.974. The van der Waals surface area contributed by atoms with E-state index in [4.69, 9.17) is 12.2 Å². The third-order valence-corrected chi connectivity index (χ3v) is 5.17. The van der Waals surface area contributed by atoms with E-state index >= 15 is 0 Å². The molecule has 2 aromatic rings. The number of aryl methyl sites for hydroxylation is 2. The Morgan fingerprint density at radius 1 is 1.11 bits per heavy atom. The summed E-state index contributed by atoms with van der Waals surface area (Å²) < 4.78 is 4.00. The summed E-state index contributed by atoms with van der Waals surface area (Å²) in [5, 5.41) is 0. The highest BCUT2D eigenvalue weighted by Gasteiger charge is 2.18. The average molecular weight is 294 g/mol. The minimum absolute atomic E-state index is 0.829. The summed E-state index contributed by atoms with van der Waals surface area (Å²) >= 11 is 7.01. The van der Waals surface area contributed by atoms with E-state index in [0.29, 0.717) is 0 Å². The monoisotopic (exact) mass is 294 g/mol. The molecule has 0 amide bonds. The molecule has 0 atom stereocenters. The molecule has 0 N–H and O–H groups in total. The molecule has 1 aliphatic rings. The summed E-state index contributed by atoms with van der Waals surface area (Å²) in [5.74, 6) is 1.91. The zero-order chi connectivity index (χ0) is 13.4. The van der Waals surface area contributed by atoms with Crippen LogP contribution in [0.25, 0.3) is 10.3 Å². The van der Waals surface area contributed by atoms with Gasteiger partial charge in [0.1, 0.15) is 10.5 Å². The Morgan fingerprint density at radius 2 is 1.79 bits per heavy atom. The van der Waals surface area contributed by atoms with Gasteiger partial charge in [0.25, 0.3) is 0 Å². The molecular formula is C13H18N4S2. The minimum atomic E-state index is 0.829. The van der Waals surface area contributed by atoms with Gasteiger partial charge in [0.15, 0.2) is 15.4 Å². The van der Waals surface area contributed by atoms with Crippen LogP contribution in [0.4, 0.5) is 5.82 Å². The van der Waals surface area contributed by atoms with Gasteiger partial charge in [0, 0.05) is 20.1 Å². The number of rotatable bonds is 1. The normalized spacial score (nSPS) is 16.8. The topological polar surface area (TPSA) is 34.0 Å². The van der Waals surface area contributed by atoms with Crippen LogP contribution in [0.2, 0.25) is 0 Å². The van der Waals surface area contributed by atoms with Gasteiger partial charge in [-0.2, -0.15) is 0 Å². The first kappa shape index (κ1) is 13.0. The standard InChI is InChI=1S/C13H18N4S2/c1-9-14-11-10(19-13(18)16(11)2)12(15-9)17-7-5-3-4-6-8-17/h3-8H2,1-2H3. The number of anilines is 1. The third-order valence-electron chi connectivity index (χ3n) is 3.63. The van der Waals surface area contributed by atoms with Crippen molar-refractivity contribution in [2.45, 2.75) is 32.6 Å². The van der Waals surface area contributed by atoms with Gasteiger partial charge in [-0.1, -0.05) is 24.2 Å². The van der Waals surface area contributed by atoms with Crippen molar-refractivity contribution in [1.82, 2.24) is 14.5 Å². The van der Waals surface area contributed by atoms with Crippen LogP contribution >= 0.6 is 23.6 Å². The summed E-state index contributed by atoms with van der Waals surface area (Å²) in [6, 6.07) is 0. The number of hydrogen-bond acceptors (Lipinski definition) is 5. The Labute approximate surface area is 122 Å². The number of hydrogen-bond donors (Lipinski definition) is 0. The van der Waals surface area contributed by atoms with Gasteiger partial charge in [0.2, 0.25) is 0 Å². The van der Waals surface area contributed by atoms with Crippen LogP contribution in [-0.4, -0.2) is 27.6 Å². The molecule has 0 radical (unpaired) electrons. The van der Waals surface area contributed by atoms with E-state index in [-0.39, 0.29) is 0 Å². The molecule has 1 aliphatic heterocycles. The summed E-state index contributed by atoms with van der Waals surface area (Å²) in [6.45, 7) is 4.15. The van der Waals surface area contributed by atoms with E-state index in [1.165, 1.54) is 25.7 Å². The maximum atomic E-state index is 5.38. The second-order valence-electron chi connectivity index (χ2n) is 5.08. The number of fused-ring (bicyclic) bond motifs is 1. The van der Waals surface area contributed by atoms with E-state index in [1.807, 2.05) is 18.5 Å². The summed E-state index contributed by atoms with van der Waals surface area (Å²) in [4.78, 5) is 11.6. The number of aromatic nitrogens is 3. The van der Waals surface area contributed by atoms with Gasteiger partial charge < -0.3 is 9.47 Å². The molecule has 1 fully saturated rings. The molecule has 0 bridgehead atoms. The largest absolute Gasteiger partial charge is 0.355 e. The lowest BCUT2D eigenvalue weighted by atomic mass is 10.2. The van der Waals surface area contributed by atoms with E-state index in [2.05, 4.69) is 14.9 Å². The van der Waals surface area contributed by atoms with Gasteiger partial charge >= 0.3 is 0 Å². The second-order valence-corrected chi connectivity index (χ2v) is 6.72. The first-order chi connectivity index (χ1) is 9.16. The predicted octanol–water partition coefficient (Wildman–Crippen LogP) is 3.45. The Morgan fingerprint density at radius 3 is 2.47 bits per heavy atom. The van der Waals surface area contributed by atoms with E-state index in [1.54, 1.807) is 11.3 Å². The van der Waals surface area contributed by atoms with Crippen LogP contribution in [0, 0.1) is 10.9 Å². The van der Waals surface area contributed by atoms with Crippen LogP contribution in [0.5, 0.6) is 0 Å². The third kappa shape index (κ3) is 2.39. The van der Waals surface area contributed by atoms with Crippen molar-refractivity contribution in [3.8, 4) is 0 Å². The molecule has 0 unspecified atom stereocenters. The fourth-order valence-electron chi connectivity index (χ4n) is 2.59. The molecule has 1 saturated heterocycles. The Hall–Kier alpha value is -1.01. The van der Waals surface area contributed by atoms with Crippen molar-refractivity contribution in [1.29, 1.82) is 0 Å². The average Bonchev–Trinajstić information content (AvgIpc) is 2.63. The highest BCUT2D eigenvalue weighted by atomic mass is 32.1. The number of thiazole rings is 1. The zero-order valence-electron chi connectivity index (χ0n) is 11.3. The van der Waals surface area contributed by atoms with Gasteiger partial charge in [0.05, 0.1) is 0 Å². The molecule has 4 nitrogen and oxygen atoms in total. The predicted molar refractivity (Wildman–Crippen MR) is 82.6 cm³/mol. The van der Waals surface area contributed by atoms with Gasteiger partial charge in [-0.3, -0.25) is 0 Å². The molecule has 102 valence electrons. The van der Waals surface area contributed by atoms with Crippen molar-refractivity contribution in [3.05, 3.63) is 9.78 Å². The molecule has 3 rings (SSSR count).